The van der Waals surface area contributed by atoms with E-state index in [1.807, 2.05) is 6.92 Å². The number of hydrogen-bond acceptors (Lipinski definition) is 3. The van der Waals surface area contributed by atoms with Gasteiger partial charge in [0.1, 0.15) is 11.6 Å². The summed E-state index contributed by atoms with van der Waals surface area (Å²) in [5, 5.41) is 13.4. The minimum absolute atomic E-state index is 0.548. The van der Waals surface area contributed by atoms with Crippen LogP contribution in [0.3, 0.4) is 0 Å². The molecule has 1 aromatic rings. The van der Waals surface area contributed by atoms with E-state index in [1.54, 1.807) is 20.8 Å². The molecule has 5 heteroatoms. The van der Waals surface area contributed by atoms with Crippen molar-refractivity contribution in [3.05, 3.63) is 11.6 Å². The molecule has 1 aromatic heterocycles. The zero-order valence-corrected chi connectivity index (χ0v) is 9.61. The molecule has 0 spiro atoms. The maximum atomic E-state index is 11.3. The third kappa shape index (κ3) is 2.00. The first-order valence-electron chi connectivity index (χ1n) is 5.06. The molecule has 0 saturated carbocycles. The van der Waals surface area contributed by atoms with Crippen LogP contribution in [0, 0.1) is 13.8 Å². The minimum atomic E-state index is -0.986. The second-order valence-corrected chi connectivity index (χ2v) is 3.95. The predicted molar refractivity (Wildman–Crippen MR) is 55.7 cm³/mol. The third-order valence-electron chi connectivity index (χ3n) is 2.54. The number of rotatable bonds is 4. The fraction of sp³-hybridized carbons (Fsp3) is 0.700. The number of aromatic nitrogens is 3. The summed E-state index contributed by atoms with van der Waals surface area (Å²) < 4.78 is 1.51. The van der Waals surface area contributed by atoms with Crippen LogP contribution in [-0.4, -0.2) is 25.8 Å². The molecule has 0 radical (unpaired) electrons. The van der Waals surface area contributed by atoms with Crippen molar-refractivity contribution in [2.75, 3.05) is 0 Å². The van der Waals surface area contributed by atoms with Crippen molar-refractivity contribution >= 4 is 5.97 Å². The lowest BCUT2D eigenvalue weighted by molar-refractivity contribution is -0.147. The molecular formula is C10H17N3O2. The maximum absolute atomic E-state index is 11.3. The Morgan fingerprint density at radius 3 is 2.47 bits per heavy atom. The minimum Gasteiger partial charge on any atom is -0.479 e. The van der Waals surface area contributed by atoms with E-state index < -0.39 is 11.5 Å². The van der Waals surface area contributed by atoms with Crippen molar-refractivity contribution in [1.82, 2.24) is 14.8 Å². The van der Waals surface area contributed by atoms with Crippen LogP contribution in [-0.2, 0) is 10.3 Å². The molecule has 1 atom stereocenters. The van der Waals surface area contributed by atoms with E-state index in [2.05, 4.69) is 10.1 Å². The summed E-state index contributed by atoms with van der Waals surface area (Å²) in [5.74, 6) is 0.388. The molecule has 1 unspecified atom stereocenters. The first-order valence-corrected chi connectivity index (χ1v) is 5.06. The van der Waals surface area contributed by atoms with Crippen molar-refractivity contribution in [2.45, 2.75) is 46.1 Å². The number of carboxylic acids is 1. The van der Waals surface area contributed by atoms with Gasteiger partial charge in [-0.15, -0.1) is 0 Å². The van der Waals surface area contributed by atoms with Crippen molar-refractivity contribution in [2.24, 2.45) is 0 Å². The van der Waals surface area contributed by atoms with E-state index in [9.17, 15) is 9.90 Å². The molecule has 0 aliphatic carbocycles. The number of hydrogen-bond donors (Lipinski definition) is 1. The van der Waals surface area contributed by atoms with Gasteiger partial charge in [0.2, 0.25) is 0 Å². The molecule has 1 rings (SSSR count). The lowest BCUT2D eigenvalue weighted by Crippen LogP contribution is -2.40. The average molecular weight is 211 g/mol. The van der Waals surface area contributed by atoms with E-state index in [0.29, 0.717) is 18.1 Å². The number of carbonyl (C=O) groups is 1. The van der Waals surface area contributed by atoms with Crippen LogP contribution >= 0.6 is 0 Å². The highest BCUT2D eigenvalue weighted by atomic mass is 16.4. The van der Waals surface area contributed by atoms with Gasteiger partial charge in [0.05, 0.1) is 0 Å². The topological polar surface area (TPSA) is 68.0 Å². The zero-order valence-electron chi connectivity index (χ0n) is 9.61. The summed E-state index contributed by atoms with van der Waals surface area (Å²) in [5.41, 5.74) is -0.986. The number of carboxylic acid groups (broad SMARTS) is 1. The van der Waals surface area contributed by atoms with Crippen LogP contribution in [0.25, 0.3) is 0 Å². The van der Waals surface area contributed by atoms with Gasteiger partial charge < -0.3 is 5.11 Å². The molecule has 84 valence electrons. The first kappa shape index (κ1) is 11.7. The monoisotopic (exact) mass is 211 g/mol. The highest BCUT2D eigenvalue weighted by molar-refractivity contribution is 5.76. The van der Waals surface area contributed by atoms with Gasteiger partial charge in [-0.25, -0.2) is 14.5 Å². The summed E-state index contributed by atoms with van der Waals surface area (Å²) in [6.45, 7) is 7.18. The number of aliphatic carboxylic acids is 1. The van der Waals surface area contributed by atoms with Crippen LogP contribution in [0.4, 0.5) is 0 Å². The fourth-order valence-electron chi connectivity index (χ4n) is 1.78. The molecule has 1 heterocycles. The normalized spacial score (nSPS) is 14.9. The van der Waals surface area contributed by atoms with E-state index in [-0.39, 0.29) is 0 Å². The Morgan fingerprint density at radius 2 is 2.13 bits per heavy atom. The largest absolute Gasteiger partial charge is 0.479 e. The lowest BCUT2D eigenvalue weighted by Gasteiger charge is -2.25. The van der Waals surface area contributed by atoms with Crippen molar-refractivity contribution in [3.8, 4) is 0 Å². The highest BCUT2D eigenvalue weighted by Crippen LogP contribution is 2.23. The highest BCUT2D eigenvalue weighted by Gasteiger charge is 2.36. The van der Waals surface area contributed by atoms with Gasteiger partial charge in [0.25, 0.3) is 0 Å². The van der Waals surface area contributed by atoms with Gasteiger partial charge in [0.15, 0.2) is 5.54 Å². The van der Waals surface area contributed by atoms with E-state index in [0.717, 1.165) is 6.42 Å². The molecule has 0 bridgehead atoms. The van der Waals surface area contributed by atoms with Gasteiger partial charge in [-0.1, -0.05) is 13.3 Å². The summed E-state index contributed by atoms with van der Waals surface area (Å²) in [7, 11) is 0. The predicted octanol–water partition coefficient (Wildman–Crippen LogP) is 1.49. The quantitative estimate of drug-likeness (QED) is 0.819. The van der Waals surface area contributed by atoms with Crippen LogP contribution in [0.15, 0.2) is 0 Å². The Kier molecular flexibility index (Phi) is 3.12. The molecule has 0 saturated heterocycles. The van der Waals surface area contributed by atoms with Crippen LogP contribution in [0.1, 0.15) is 38.3 Å². The SMILES string of the molecule is CCCC(C)(C(=O)O)n1nc(C)nc1C. The lowest BCUT2D eigenvalue weighted by atomic mass is 9.96. The van der Waals surface area contributed by atoms with Crippen molar-refractivity contribution in [3.63, 3.8) is 0 Å². The van der Waals surface area contributed by atoms with Gasteiger partial charge in [-0.3, -0.25) is 0 Å². The summed E-state index contributed by atoms with van der Waals surface area (Å²) in [6.07, 6.45) is 1.34. The Labute approximate surface area is 89.1 Å². The zero-order chi connectivity index (χ0) is 11.6. The van der Waals surface area contributed by atoms with Gasteiger partial charge in [-0.05, 0) is 27.2 Å². The van der Waals surface area contributed by atoms with Crippen LogP contribution < -0.4 is 0 Å². The second-order valence-electron chi connectivity index (χ2n) is 3.95. The standard InChI is InChI=1S/C10H17N3O2/c1-5-6-10(4,9(14)15)13-8(3)11-7(2)12-13/h5-6H2,1-4H3,(H,14,15). The molecule has 0 aromatic carbocycles. The molecular weight excluding hydrogens is 194 g/mol. The Morgan fingerprint density at radius 1 is 1.53 bits per heavy atom. The summed E-state index contributed by atoms with van der Waals surface area (Å²) in [6, 6.07) is 0. The molecule has 0 fully saturated rings. The molecule has 5 nitrogen and oxygen atoms in total. The Hall–Kier alpha value is -1.39. The Balaban J connectivity index is 3.20. The van der Waals surface area contributed by atoms with E-state index >= 15 is 0 Å². The molecule has 0 aliphatic rings. The average Bonchev–Trinajstić information content (AvgIpc) is 2.45. The van der Waals surface area contributed by atoms with Gasteiger partial charge in [0, 0.05) is 0 Å². The van der Waals surface area contributed by atoms with Gasteiger partial charge >= 0.3 is 5.97 Å². The molecule has 1 N–H and O–H groups in total. The van der Waals surface area contributed by atoms with E-state index in [4.69, 9.17) is 0 Å². The first-order chi connectivity index (χ1) is 6.91. The molecule has 0 aliphatic heterocycles. The van der Waals surface area contributed by atoms with E-state index in [1.165, 1.54) is 4.68 Å². The van der Waals surface area contributed by atoms with Crippen molar-refractivity contribution in [1.29, 1.82) is 0 Å². The number of nitrogens with zero attached hydrogens (tertiary/aromatic N) is 3. The fourth-order valence-corrected chi connectivity index (χ4v) is 1.78. The van der Waals surface area contributed by atoms with Crippen LogP contribution in [0.5, 0.6) is 0 Å². The van der Waals surface area contributed by atoms with Crippen molar-refractivity contribution < 1.29 is 9.90 Å². The number of aryl methyl sites for hydroxylation is 2. The van der Waals surface area contributed by atoms with Crippen LogP contribution in [0.2, 0.25) is 0 Å². The third-order valence-corrected chi connectivity index (χ3v) is 2.54. The Bertz CT molecular complexity index is 373. The van der Waals surface area contributed by atoms with Gasteiger partial charge in [-0.2, -0.15) is 5.10 Å². The summed E-state index contributed by atoms with van der Waals surface area (Å²) in [4.78, 5) is 15.4. The molecule has 0 amide bonds. The summed E-state index contributed by atoms with van der Waals surface area (Å²) >= 11 is 0. The smallest absolute Gasteiger partial charge is 0.331 e. The molecule has 15 heavy (non-hydrogen) atoms. The maximum Gasteiger partial charge on any atom is 0.331 e. The second kappa shape index (κ2) is 4.00.